The standard InChI is InChI=1S/C13H18N4O2/c1-15-12(18)9-4-6-17(7-5-9)13(19)11-3-2-10(14)8-16-11/h2-3,8-9H,4-7,14H2,1H3,(H,15,18). The van der Waals surface area contributed by atoms with Crippen LogP contribution < -0.4 is 11.1 Å². The number of carbonyl (C=O) groups is 2. The first-order chi connectivity index (χ1) is 9.11. The molecule has 0 aromatic carbocycles. The predicted octanol–water partition coefficient (Wildman–Crippen LogP) is 0.262. The van der Waals surface area contributed by atoms with Gasteiger partial charge in [-0.05, 0) is 25.0 Å². The number of amides is 2. The van der Waals surface area contributed by atoms with Crippen LogP contribution in [-0.4, -0.2) is 41.8 Å². The second-order valence-corrected chi connectivity index (χ2v) is 4.66. The maximum atomic E-state index is 12.2. The van der Waals surface area contributed by atoms with Crippen molar-refractivity contribution in [3.05, 3.63) is 24.0 Å². The van der Waals surface area contributed by atoms with Gasteiger partial charge in [0, 0.05) is 26.1 Å². The topological polar surface area (TPSA) is 88.3 Å². The third-order valence-electron chi connectivity index (χ3n) is 3.40. The zero-order valence-corrected chi connectivity index (χ0v) is 10.9. The van der Waals surface area contributed by atoms with E-state index in [1.165, 1.54) is 6.20 Å². The molecule has 1 saturated heterocycles. The molecule has 0 saturated carbocycles. The third-order valence-corrected chi connectivity index (χ3v) is 3.40. The number of pyridine rings is 1. The first-order valence-corrected chi connectivity index (χ1v) is 6.34. The zero-order chi connectivity index (χ0) is 13.8. The number of rotatable bonds is 2. The molecule has 3 N–H and O–H groups in total. The maximum Gasteiger partial charge on any atom is 0.272 e. The summed E-state index contributed by atoms with van der Waals surface area (Å²) in [5, 5.41) is 2.65. The highest BCUT2D eigenvalue weighted by Crippen LogP contribution is 2.18. The van der Waals surface area contributed by atoms with Crippen LogP contribution in [0.3, 0.4) is 0 Å². The summed E-state index contributed by atoms with van der Waals surface area (Å²) in [5.74, 6) is -0.0403. The van der Waals surface area contributed by atoms with Gasteiger partial charge in [0.15, 0.2) is 0 Å². The molecule has 2 heterocycles. The molecule has 6 heteroatoms. The summed E-state index contributed by atoms with van der Waals surface area (Å²) in [5.41, 5.74) is 6.47. The number of nitrogens with zero attached hydrogens (tertiary/aromatic N) is 2. The van der Waals surface area contributed by atoms with Crippen LogP contribution >= 0.6 is 0 Å². The Labute approximate surface area is 112 Å². The third kappa shape index (κ3) is 3.01. The predicted molar refractivity (Wildman–Crippen MR) is 71.3 cm³/mol. The van der Waals surface area contributed by atoms with Crippen molar-refractivity contribution in [1.82, 2.24) is 15.2 Å². The number of piperidine rings is 1. The normalized spacial score (nSPS) is 16.2. The quantitative estimate of drug-likeness (QED) is 0.800. The summed E-state index contributed by atoms with van der Waals surface area (Å²) in [7, 11) is 1.64. The molecule has 0 aliphatic carbocycles. The summed E-state index contributed by atoms with van der Waals surface area (Å²) in [6.45, 7) is 1.17. The van der Waals surface area contributed by atoms with E-state index in [-0.39, 0.29) is 17.7 Å². The first kappa shape index (κ1) is 13.3. The second kappa shape index (κ2) is 5.69. The van der Waals surface area contributed by atoms with Crippen molar-refractivity contribution in [2.45, 2.75) is 12.8 Å². The molecular weight excluding hydrogens is 244 g/mol. The van der Waals surface area contributed by atoms with E-state index in [4.69, 9.17) is 5.73 Å². The number of nitrogen functional groups attached to an aromatic ring is 1. The van der Waals surface area contributed by atoms with Gasteiger partial charge in [-0.3, -0.25) is 9.59 Å². The second-order valence-electron chi connectivity index (χ2n) is 4.66. The molecule has 1 aliphatic heterocycles. The highest BCUT2D eigenvalue weighted by atomic mass is 16.2. The smallest absolute Gasteiger partial charge is 0.272 e. The summed E-state index contributed by atoms with van der Waals surface area (Å²) < 4.78 is 0. The molecule has 0 spiro atoms. The van der Waals surface area contributed by atoms with E-state index in [0.29, 0.717) is 37.3 Å². The molecule has 0 bridgehead atoms. The molecule has 1 aromatic heterocycles. The van der Waals surface area contributed by atoms with Crippen LogP contribution in [0, 0.1) is 5.92 Å². The Balaban J connectivity index is 1.96. The summed E-state index contributed by atoms with van der Waals surface area (Å²) in [6, 6.07) is 3.29. The lowest BCUT2D eigenvalue weighted by Crippen LogP contribution is -2.42. The van der Waals surface area contributed by atoms with Crippen molar-refractivity contribution < 1.29 is 9.59 Å². The van der Waals surface area contributed by atoms with Crippen molar-refractivity contribution in [3.8, 4) is 0 Å². The van der Waals surface area contributed by atoms with Gasteiger partial charge < -0.3 is 16.0 Å². The number of hydrogen-bond donors (Lipinski definition) is 2. The van der Waals surface area contributed by atoms with E-state index in [0.717, 1.165) is 0 Å². The van der Waals surface area contributed by atoms with Gasteiger partial charge in [-0.15, -0.1) is 0 Å². The fraction of sp³-hybridized carbons (Fsp3) is 0.462. The molecule has 1 aliphatic rings. The van der Waals surface area contributed by atoms with Crippen LogP contribution in [0.2, 0.25) is 0 Å². The highest BCUT2D eigenvalue weighted by Gasteiger charge is 2.27. The van der Waals surface area contributed by atoms with E-state index < -0.39 is 0 Å². The Hall–Kier alpha value is -2.11. The lowest BCUT2D eigenvalue weighted by molar-refractivity contribution is -0.125. The molecule has 2 amide bonds. The Morgan fingerprint density at radius 3 is 2.58 bits per heavy atom. The Bertz CT molecular complexity index is 464. The van der Waals surface area contributed by atoms with Crippen molar-refractivity contribution in [2.24, 2.45) is 5.92 Å². The van der Waals surface area contributed by atoms with Gasteiger partial charge in [-0.25, -0.2) is 4.98 Å². The van der Waals surface area contributed by atoms with Gasteiger partial charge >= 0.3 is 0 Å². The lowest BCUT2D eigenvalue weighted by Gasteiger charge is -2.30. The zero-order valence-electron chi connectivity index (χ0n) is 10.9. The van der Waals surface area contributed by atoms with Gasteiger partial charge in [0.05, 0.1) is 11.9 Å². The molecule has 1 aromatic rings. The van der Waals surface area contributed by atoms with Gasteiger partial charge in [-0.2, -0.15) is 0 Å². The van der Waals surface area contributed by atoms with Gasteiger partial charge in [0.1, 0.15) is 5.69 Å². The molecule has 102 valence electrons. The van der Waals surface area contributed by atoms with Crippen LogP contribution in [0.5, 0.6) is 0 Å². The van der Waals surface area contributed by atoms with E-state index >= 15 is 0 Å². The van der Waals surface area contributed by atoms with Gasteiger partial charge in [0.25, 0.3) is 5.91 Å². The van der Waals surface area contributed by atoms with E-state index in [1.807, 2.05) is 0 Å². The van der Waals surface area contributed by atoms with E-state index in [2.05, 4.69) is 10.3 Å². The molecule has 0 radical (unpaired) electrons. The van der Waals surface area contributed by atoms with Crippen LogP contribution in [0.1, 0.15) is 23.3 Å². The Kier molecular flexibility index (Phi) is 3.99. The summed E-state index contributed by atoms with van der Waals surface area (Å²) >= 11 is 0. The molecule has 1 fully saturated rings. The molecular formula is C13H18N4O2. The van der Waals surface area contributed by atoms with Crippen molar-refractivity contribution in [2.75, 3.05) is 25.9 Å². The van der Waals surface area contributed by atoms with Crippen LogP contribution in [0.15, 0.2) is 18.3 Å². The average Bonchev–Trinajstić information content (AvgIpc) is 2.46. The number of carbonyl (C=O) groups excluding carboxylic acids is 2. The van der Waals surface area contributed by atoms with Crippen molar-refractivity contribution in [1.29, 1.82) is 0 Å². The van der Waals surface area contributed by atoms with Gasteiger partial charge in [-0.1, -0.05) is 0 Å². The van der Waals surface area contributed by atoms with E-state index in [9.17, 15) is 9.59 Å². The summed E-state index contributed by atoms with van der Waals surface area (Å²) in [6.07, 6.45) is 2.87. The van der Waals surface area contributed by atoms with Crippen molar-refractivity contribution in [3.63, 3.8) is 0 Å². The number of nitrogens with one attached hydrogen (secondary N) is 1. The number of nitrogens with two attached hydrogens (primary N) is 1. The molecule has 0 atom stereocenters. The van der Waals surface area contributed by atoms with Crippen LogP contribution in [-0.2, 0) is 4.79 Å². The first-order valence-electron chi connectivity index (χ1n) is 6.34. The number of hydrogen-bond acceptors (Lipinski definition) is 4. The van der Waals surface area contributed by atoms with Crippen LogP contribution in [0.25, 0.3) is 0 Å². The lowest BCUT2D eigenvalue weighted by atomic mass is 9.96. The fourth-order valence-corrected chi connectivity index (χ4v) is 2.24. The molecule has 6 nitrogen and oxygen atoms in total. The number of anilines is 1. The van der Waals surface area contributed by atoms with E-state index in [1.54, 1.807) is 24.1 Å². The maximum absolute atomic E-state index is 12.2. The minimum Gasteiger partial charge on any atom is -0.397 e. The number of aromatic nitrogens is 1. The largest absolute Gasteiger partial charge is 0.397 e. The monoisotopic (exact) mass is 262 g/mol. The Morgan fingerprint density at radius 1 is 1.37 bits per heavy atom. The number of likely N-dealkylation sites (tertiary alicyclic amines) is 1. The molecule has 19 heavy (non-hydrogen) atoms. The van der Waals surface area contributed by atoms with Crippen LogP contribution in [0.4, 0.5) is 5.69 Å². The highest BCUT2D eigenvalue weighted by molar-refractivity contribution is 5.92. The van der Waals surface area contributed by atoms with Gasteiger partial charge in [0.2, 0.25) is 5.91 Å². The minimum atomic E-state index is -0.102. The molecule has 0 unspecified atom stereocenters. The molecule has 2 rings (SSSR count). The average molecular weight is 262 g/mol. The fourth-order valence-electron chi connectivity index (χ4n) is 2.24. The SMILES string of the molecule is CNC(=O)C1CCN(C(=O)c2ccc(N)cn2)CC1. The van der Waals surface area contributed by atoms with Crippen molar-refractivity contribution >= 4 is 17.5 Å². The summed E-state index contributed by atoms with van der Waals surface area (Å²) in [4.78, 5) is 29.5. The minimum absolute atomic E-state index is 0.00780. The Morgan fingerprint density at radius 2 is 2.05 bits per heavy atom.